The maximum Gasteiger partial charge on any atom is 0.215 e. The SMILES string of the molecule is Cc1cnc(N(C=O)CCc2ccccc2)cn1. The van der Waals surface area contributed by atoms with Crippen LogP contribution in [0, 0.1) is 6.92 Å². The number of aryl methyl sites for hydroxylation is 1. The summed E-state index contributed by atoms with van der Waals surface area (Å²) < 4.78 is 0. The zero-order valence-electron chi connectivity index (χ0n) is 10.3. The van der Waals surface area contributed by atoms with Crippen molar-refractivity contribution in [2.45, 2.75) is 13.3 Å². The standard InChI is InChI=1S/C14H15N3O/c1-12-9-16-14(10-15-12)17(11-18)8-7-13-5-3-2-4-6-13/h2-6,9-11H,7-8H2,1H3. The van der Waals surface area contributed by atoms with Crippen LogP contribution in [0.15, 0.2) is 42.7 Å². The zero-order valence-corrected chi connectivity index (χ0v) is 10.3. The topological polar surface area (TPSA) is 46.1 Å². The minimum atomic E-state index is 0.589. The Labute approximate surface area is 106 Å². The van der Waals surface area contributed by atoms with Gasteiger partial charge in [0.1, 0.15) is 0 Å². The first-order chi connectivity index (χ1) is 8.79. The molecule has 0 fully saturated rings. The van der Waals surface area contributed by atoms with Crippen LogP contribution in [0.4, 0.5) is 5.82 Å². The Morgan fingerprint density at radius 2 is 1.94 bits per heavy atom. The largest absolute Gasteiger partial charge is 0.298 e. The van der Waals surface area contributed by atoms with Crippen molar-refractivity contribution in [1.82, 2.24) is 9.97 Å². The Bertz CT molecular complexity index is 496. The fraction of sp³-hybridized carbons (Fsp3) is 0.214. The lowest BCUT2D eigenvalue weighted by Crippen LogP contribution is -2.25. The molecule has 0 saturated carbocycles. The molecule has 0 aliphatic rings. The quantitative estimate of drug-likeness (QED) is 0.752. The predicted octanol–water partition coefficient (Wildman–Crippen LogP) is 1.99. The van der Waals surface area contributed by atoms with E-state index in [1.165, 1.54) is 5.56 Å². The molecule has 1 aromatic heterocycles. The smallest absolute Gasteiger partial charge is 0.215 e. The molecule has 2 aromatic rings. The van der Waals surface area contributed by atoms with Gasteiger partial charge in [-0.2, -0.15) is 0 Å². The highest BCUT2D eigenvalue weighted by atomic mass is 16.1. The van der Waals surface area contributed by atoms with Gasteiger partial charge in [0.05, 0.1) is 18.1 Å². The van der Waals surface area contributed by atoms with E-state index in [2.05, 4.69) is 9.97 Å². The molecule has 18 heavy (non-hydrogen) atoms. The molecule has 1 amide bonds. The van der Waals surface area contributed by atoms with Crippen LogP contribution >= 0.6 is 0 Å². The summed E-state index contributed by atoms with van der Waals surface area (Å²) in [6.45, 7) is 2.47. The van der Waals surface area contributed by atoms with Crippen molar-refractivity contribution in [1.29, 1.82) is 0 Å². The number of aromatic nitrogens is 2. The molecule has 0 radical (unpaired) electrons. The Morgan fingerprint density at radius 3 is 2.56 bits per heavy atom. The van der Waals surface area contributed by atoms with E-state index in [0.717, 1.165) is 18.5 Å². The molecule has 2 rings (SSSR count). The van der Waals surface area contributed by atoms with Crippen LogP contribution in [0.2, 0.25) is 0 Å². The van der Waals surface area contributed by atoms with Crippen molar-refractivity contribution in [3.05, 3.63) is 54.0 Å². The molecule has 0 unspecified atom stereocenters. The van der Waals surface area contributed by atoms with Crippen molar-refractivity contribution in [2.24, 2.45) is 0 Å². The number of hydrogen-bond donors (Lipinski definition) is 0. The molecule has 0 saturated heterocycles. The first-order valence-corrected chi connectivity index (χ1v) is 5.84. The minimum Gasteiger partial charge on any atom is -0.298 e. The molecule has 0 spiro atoms. The summed E-state index contributed by atoms with van der Waals surface area (Å²) in [6.07, 6.45) is 4.88. The fourth-order valence-electron chi connectivity index (χ4n) is 1.65. The molecule has 0 aliphatic carbocycles. The zero-order chi connectivity index (χ0) is 12.8. The maximum atomic E-state index is 11.1. The van der Waals surface area contributed by atoms with Gasteiger partial charge in [-0.15, -0.1) is 0 Å². The van der Waals surface area contributed by atoms with E-state index < -0.39 is 0 Å². The molecule has 0 atom stereocenters. The van der Waals surface area contributed by atoms with Crippen molar-refractivity contribution < 1.29 is 4.79 Å². The third kappa shape index (κ3) is 3.13. The average molecular weight is 241 g/mol. The van der Waals surface area contributed by atoms with Crippen LogP contribution in [0.25, 0.3) is 0 Å². The molecule has 0 N–H and O–H groups in total. The van der Waals surface area contributed by atoms with Gasteiger partial charge in [-0.25, -0.2) is 4.98 Å². The summed E-state index contributed by atoms with van der Waals surface area (Å²) in [5, 5.41) is 0. The lowest BCUT2D eigenvalue weighted by Gasteiger charge is -2.15. The molecule has 92 valence electrons. The summed E-state index contributed by atoms with van der Waals surface area (Å²) in [4.78, 5) is 21.0. The average Bonchev–Trinajstić information content (AvgIpc) is 2.42. The molecule has 4 heteroatoms. The summed E-state index contributed by atoms with van der Waals surface area (Å²) in [6, 6.07) is 10.1. The lowest BCUT2D eigenvalue weighted by molar-refractivity contribution is -0.107. The Morgan fingerprint density at radius 1 is 1.17 bits per heavy atom. The third-order valence-corrected chi connectivity index (χ3v) is 2.67. The lowest BCUT2D eigenvalue weighted by atomic mass is 10.1. The first-order valence-electron chi connectivity index (χ1n) is 5.84. The van der Waals surface area contributed by atoms with Gasteiger partial charge in [0.2, 0.25) is 6.41 Å². The van der Waals surface area contributed by atoms with Crippen molar-refractivity contribution >= 4 is 12.2 Å². The molecule has 0 aliphatic heterocycles. The van der Waals surface area contributed by atoms with E-state index in [-0.39, 0.29) is 0 Å². The molecule has 1 heterocycles. The summed E-state index contributed by atoms with van der Waals surface area (Å²) in [5.74, 6) is 0.589. The first kappa shape index (κ1) is 12.2. The molecule has 4 nitrogen and oxygen atoms in total. The molecule has 0 bridgehead atoms. The number of nitrogens with zero attached hydrogens (tertiary/aromatic N) is 3. The number of hydrogen-bond acceptors (Lipinski definition) is 3. The van der Waals surface area contributed by atoms with E-state index in [4.69, 9.17) is 0 Å². The third-order valence-electron chi connectivity index (χ3n) is 2.67. The van der Waals surface area contributed by atoms with Gasteiger partial charge in [0.25, 0.3) is 0 Å². The van der Waals surface area contributed by atoms with Gasteiger partial charge >= 0.3 is 0 Å². The molecule has 1 aromatic carbocycles. The number of carbonyl (C=O) groups is 1. The second kappa shape index (κ2) is 5.91. The van der Waals surface area contributed by atoms with Crippen LogP contribution in [0.1, 0.15) is 11.3 Å². The Balaban J connectivity index is 2.02. The van der Waals surface area contributed by atoms with Crippen LogP contribution in [-0.2, 0) is 11.2 Å². The summed E-state index contributed by atoms with van der Waals surface area (Å²) in [7, 11) is 0. The van der Waals surface area contributed by atoms with Gasteiger partial charge in [0.15, 0.2) is 5.82 Å². The van der Waals surface area contributed by atoms with E-state index in [1.807, 2.05) is 37.3 Å². The normalized spacial score (nSPS) is 10.1. The van der Waals surface area contributed by atoms with Gasteiger partial charge < -0.3 is 0 Å². The van der Waals surface area contributed by atoms with Gasteiger partial charge in [0, 0.05) is 6.54 Å². The number of rotatable bonds is 5. The predicted molar refractivity (Wildman–Crippen MR) is 70.3 cm³/mol. The summed E-state index contributed by atoms with van der Waals surface area (Å²) in [5.41, 5.74) is 2.04. The Hall–Kier alpha value is -2.23. The van der Waals surface area contributed by atoms with E-state index in [1.54, 1.807) is 17.3 Å². The highest BCUT2D eigenvalue weighted by molar-refractivity contribution is 5.72. The van der Waals surface area contributed by atoms with E-state index in [0.29, 0.717) is 12.4 Å². The molecular weight excluding hydrogens is 226 g/mol. The number of benzene rings is 1. The van der Waals surface area contributed by atoms with Crippen molar-refractivity contribution in [3.8, 4) is 0 Å². The number of carbonyl (C=O) groups excluding carboxylic acids is 1. The van der Waals surface area contributed by atoms with Gasteiger partial charge in [-0.05, 0) is 18.9 Å². The van der Waals surface area contributed by atoms with Crippen LogP contribution in [0.3, 0.4) is 0 Å². The van der Waals surface area contributed by atoms with Crippen molar-refractivity contribution in [3.63, 3.8) is 0 Å². The maximum absolute atomic E-state index is 11.1. The number of amides is 1. The highest BCUT2D eigenvalue weighted by Gasteiger charge is 2.06. The van der Waals surface area contributed by atoms with Crippen molar-refractivity contribution in [2.75, 3.05) is 11.4 Å². The molecular formula is C14H15N3O. The Kier molecular flexibility index (Phi) is 4.02. The van der Waals surface area contributed by atoms with Crippen LogP contribution in [-0.4, -0.2) is 22.9 Å². The fourth-order valence-corrected chi connectivity index (χ4v) is 1.65. The van der Waals surface area contributed by atoms with Gasteiger partial charge in [-0.1, -0.05) is 30.3 Å². The second-order valence-electron chi connectivity index (χ2n) is 4.05. The van der Waals surface area contributed by atoms with Crippen LogP contribution in [0.5, 0.6) is 0 Å². The highest BCUT2D eigenvalue weighted by Crippen LogP contribution is 2.08. The van der Waals surface area contributed by atoms with Gasteiger partial charge in [-0.3, -0.25) is 14.7 Å². The minimum absolute atomic E-state index is 0.589. The van der Waals surface area contributed by atoms with Crippen LogP contribution < -0.4 is 4.90 Å². The van der Waals surface area contributed by atoms with E-state index >= 15 is 0 Å². The second-order valence-corrected chi connectivity index (χ2v) is 4.05. The number of anilines is 1. The summed E-state index contributed by atoms with van der Waals surface area (Å²) >= 11 is 0. The van der Waals surface area contributed by atoms with E-state index in [9.17, 15) is 4.79 Å². The monoisotopic (exact) mass is 241 g/mol.